The molecule has 0 fully saturated rings. The van der Waals surface area contributed by atoms with Gasteiger partial charge in [0.25, 0.3) is 0 Å². The number of anilines is 3. The average Bonchev–Trinajstić information content (AvgIpc) is 2.96. The van der Waals surface area contributed by atoms with E-state index in [1.54, 1.807) is 6.33 Å². The molecule has 0 aliphatic heterocycles. The van der Waals surface area contributed by atoms with Gasteiger partial charge in [-0.3, -0.25) is 0 Å². The maximum atomic E-state index is 4.51. The minimum absolute atomic E-state index is 0.580. The summed E-state index contributed by atoms with van der Waals surface area (Å²) in [5, 5.41) is 6.48. The highest BCUT2D eigenvalue weighted by Crippen LogP contribution is 2.23. The molecule has 2 aromatic heterocycles. The lowest BCUT2D eigenvalue weighted by molar-refractivity contribution is 0.956. The molecule has 108 valence electrons. The first kappa shape index (κ1) is 13.8. The Labute approximate surface area is 130 Å². The third kappa shape index (κ3) is 3.13. The quantitative estimate of drug-likeness (QED) is 0.656. The number of nitrogens with one attached hydrogen (secondary N) is 3. The van der Waals surface area contributed by atoms with Gasteiger partial charge in [0.05, 0.1) is 6.33 Å². The number of hydrogen-bond donors (Lipinski definition) is 3. The first-order valence-corrected chi connectivity index (χ1v) is 7.53. The van der Waals surface area contributed by atoms with Crippen LogP contribution in [0.5, 0.6) is 0 Å². The number of rotatable bonds is 5. The van der Waals surface area contributed by atoms with E-state index < -0.39 is 0 Å². The summed E-state index contributed by atoms with van der Waals surface area (Å²) in [7, 11) is 0. The molecule has 0 saturated carbocycles. The summed E-state index contributed by atoms with van der Waals surface area (Å²) in [4.78, 5) is 16.2. The Bertz CT molecular complexity index is 737. The number of hydrogen-bond acceptors (Lipinski definition) is 5. The molecule has 1 aromatic carbocycles. The molecule has 0 amide bonds. The largest absolute Gasteiger partial charge is 0.354 e. The fourth-order valence-corrected chi connectivity index (χ4v) is 2.17. The van der Waals surface area contributed by atoms with Crippen LogP contribution < -0.4 is 10.6 Å². The second-order valence-corrected chi connectivity index (χ2v) is 5.47. The van der Waals surface area contributed by atoms with E-state index in [0.29, 0.717) is 17.4 Å². The van der Waals surface area contributed by atoms with E-state index >= 15 is 0 Å². The first-order chi connectivity index (χ1) is 10.3. The summed E-state index contributed by atoms with van der Waals surface area (Å²) in [5.41, 5.74) is 2.39. The van der Waals surface area contributed by atoms with Gasteiger partial charge in [0, 0.05) is 16.7 Å². The monoisotopic (exact) mass is 346 g/mol. The van der Waals surface area contributed by atoms with E-state index in [4.69, 9.17) is 0 Å². The second-order valence-electron chi connectivity index (χ2n) is 4.56. The minimum atomic E-state index is 0.580. The van der Waals surface area contributed by atoms with Crippen LogP contribution in [0.1, 0.15) is 13.3 Å². The molecule has 0 saturated heterocycles. The van der Waals surface area contributed by atoms with Crippen molar-refractivity contribution in [1.82, 2.24) is 19.9 Å². The highest BCUT2D eigenvalue weighted by Gasteiger charge is 2.10. The van der Waals surface area contributed by atoms with Gasteiger partial charge in [0.1, 0.15) is 5.52 Å². The van der Waals surface area contributed by atoms with Gasteiger partial charge in [-0.05, 0) is 30.7 Å². The Morgan fingerprint density at radius 2 is 2.00 bits per heavy atom. The number of nitrogens with zero attached hydrogens (tertiary/aromatic N) is 3. The van der Waals surface area contributed by atoms with Gasteiger partial charge in [-0.15, -0.1) is 0 Å². The summed E-state index contributed by atoms with van der Waals surface area (Å²) in [6, 6.07) is 7.91. The molecule has 6 nitrogen and oxygen atoms in total. The van der Waals surface area contributed by atoms with Crippen LogP contribution in [0.2, 0.25) is 0 Å². The smallest absolute Gasteiger partial charge is 0.226 e. The van der Waals surface area contributed by atoms with E-state index in [1.807, 2.05) is 24.3 Å². The molecule has 0 spiro atoms. The summed E-state index contributed by atoms with van der Waals surface area (Å²) < 4.78 is 1.03. The molecule has 0 bridgehead atoms. The summed E-state index contributed by atoms with van der Waals surface area (Å²) in [5.74, 6) is 1.29. The van der Waals surface area contributed by atoms with Crippen LogP contribution in [-0.4, -0.2) is 26.5 Å². The zero-order valence-electron chi connectivity index (χ0n) is 11.5. The van der Waals surface area contributed by atoms with Crippen LogP contribution in [0.15, 0.2) is 35.1 Å². The van der Waals surface area contributed by atoms with Crippen molar-refractivity contribution in [3.8, 4) is 0 Å². The highest BCUT2D eigenvalue weighted by molar-refractivity contribution is 9.10. The Hall–Kier alpha value is -2.15. The lowest BCUT2D eigenvalue weighted by atomic mass is 10.3. The number of benzene rings is 1. The SMILES string of the molecule is CCCNc1nc(Nc2ccc(Br)cc2)c2[nH]cnc2n1. The number of imidazole rings is 1. The lowest BCUT2D eigenvalue weighted by Gasteiger charge is -2.09. The zero-order chi connectivity index (χ0) is 14.7. The van der Waals surface area contributed by atoms with Crippen molar-refractivity contribution in [3.05, 3.63) is 35.1 Å². The molecule has 7 heteroatoms. The molecule has 0 aliphatic carbocycles. The Kier molecular flexibility index (Phi) is 4.01. The number of fused-ring (bicyclic) bond motifs is 1. The van der Waals surface area contributed by atoms with E-state index in [2.05, 4.69) is 53.4 Å². The Morgan fingerprint density at radius 3 is 2.76 bits per heavy atom. The van der Waals surface area contributed by atoms with Crippen LogP contribution >= 0.6 is 15.9 Å². The Morgan fingerprint density at radius 1 is 1.19 bits per heavy atom. The summed E-state index contributed by atoms with van der Waals surface area (Å²) in [6.45, 7) is 2.93. The van der Waals surface area contributed by atoms with Gasteiger partial charge in [0.15, 0.2) is 11.5 Å². The van der Waals surface area contributed by atoms with Crippen molar-refractivity contribution >= 4 is 44.5 Å². The summed E-state index contributed by atoms with van der Waals surface area (Å²) in [6.07, 6.45) is 2.63. The number of aromatic nitrogens is 4. The van der Waals surface area contributed by atoms with Crippen molar-refractivity contribution in [3.63, 3.8) is 0 Å². The standard InChI is InChI=1S/C14H15BrN6/c1-2-7-16-14-20-12-11(17-8-18-12)13(21-14)19-10-5-3-9(15)4-6-10/h3-6,8H,2,7H2,1H3,(H3,16,17,18,19,20,21). The first-order valence-electron chi connectivity index (χ1n) is 6.74. The van der Waals surface area contributed by atoms with Crippen molar-refractivity contribution in [2.24, 2.45) is 0 Å². The van der Waals surface area contributed by atoms with Crippen LogP contribution in [0.3, 0.4) is 0 Å². The van der Waals surface area contributed by atoms with Gasteiger partial charge in [-0.2, -0.15) is 9.97 Å². The van der Waals surface area contributed by atoms with Crippen LogP contribution in [0.25, 0.3) is 11.2 Å². The normalized spacial score (nSPS) is 10.8. The molecule has 3 aromatic rings. The molecule has 2 heterocycles. The maximum Gasteiger partial charge on any atom is 0.226 e. The fraction of sp³-hybridized carbons (Fsp3) is 0.214. The van der Waals surface area contributed by atoms with Crippen LogP contribution in [-0.2, 0) is 0 Å². The topological polar surface area (TPSA) is 78.5 Å². The second kappa shape index (κ2) is 6.09. The Balaban J connectivity index is 1.95. The molecular weight excluding hydrogens is 332 g/mol. The van der Waals surface area contributed by atoms with Crippen LogP contribution in [0, 0.1) is 0 Å². The fourth-order valence-electron chi connectivity index (χ4n) is 1.91. The molecule has 0 atom stereocenters. The number of H-pyrrole nitrogens is 1. The predicted molar refractivity (Wildman–Crippen MR) is 87.9 cm³/mol. The van der Waals surface area contributed by atoms with Crippen LogP contribution in [0.4, 0.5) is 17.5 Å². The summed E-state index contributed by atoms with van der Waals surface area (Å²) >= 11 is 3.42. The van der Waals surface area contributed by atoms with E-state index in [0.717, 1.165) is 28.6 Å². The molecular formula is C14H15BrN6. The molecule has 21 heavy (non-hydrogen) atoms. The van der Waals surface area contributed by atoms with E-state index in [9.17, 15) is 0 Å². The average molecular weight is 347 g/mol. The van der Waals surface area contributed by atoms with Crippen molar-refractivity contribution in [2.75, 3.05) is 17.2 Å². The van der Waals surface area contributed by atoms with Crippen molar-refractivity contribution in [1.29, 1.82) is 0 Å². The number of aromatic amines is 1. The third-order valence-corrected chi connectivity index (χ3v) is 3.45. The van der Waals surface area contributed by atoms with Gasteiger partial charge < -0.3 is 15.6 Å². The molecule has 0 unspecified atom stereocenters. The third-order valence-electron chi connectivity index (χ3n) is 2.93. The maximum absolute atomic E-state index is 4.51. The van der Waals surface area contributed by atoms with Gasteiger partial charge in [-0.25, -0.2) is 4.98 Å². The molecule has 0 aliphatic rings. The molecule has 3 rings (SSSR count). The molecule has 3 N–H and O–H groups in total. The van der Waals surface area contributed by atoms with Crippen molar-refractivity contribution in [2.45, 2.75) is 13.3 Å². The van der Waals surface area contributed by atoms with E-state index in [1.165, 1.54) is 0 Å². The van der Waals surface area contributed by atoms with Crippen molar-refractivity contribution < 1.29 is 0 Å². The minimum Gasteiger partial charge on any atom is -0.354 e. The lowest BCUT2D eigenvalue weighted by Crippen LogP contribution is -2.06. The van der Waals surface area contributed by atoms with E-state index in [-0.39, 0.29) is 0 Å². The predicted octanol–water partition coefficient (Wildman–Crippen LogP) is 3.68. The molecule has 0 radical (unpaired) electrons. The highest BCUT2D eigenvalue weighted by atomic mass is 79.9. The van der Waals surface area contributed by atoms with Gasteiger partial charge in [-0.1, -0.05) is 22.9 Å². The van der Waals surface area contributed by atoms with Gasteiger partial charge in [0.2, 0.25) is 5.95 Å². The zero-order valence-corrected chi connectivity index (χ0v) is 13.1. The van der Waals surface area contributed by atoms with Gasteiger partial charge >= 0.3 is 0 Å². The number of halogens is 1.